The average Bonchev–Trinajstić information content (AvgIpc) is 2.90. The van der Waals surface area contributed by atoms with Crippen molar-refractivity contribution < 1.29 is 0 Å². The Morgan fingerprint density at radius 2 is 1.63 bits per heavy atom. The number of rotatable bonds is 2. The van der Waals surface area contributed by atoms with Crippen LogP contribution in [0, 0.1) is 13.8 Å². The summed E-state index contributed by atoms with van der Waals surface area (Å²) in [6.45, 7) is 3.99. The molecular weight excluding hydrogens is 236 g/mol. The third kappa shape index (κ3) is 2.38. The highest BCUT2D eigenvalue weighted by Crippen LogP contribution is 2.19. The van der Waals surface area contributed by atoms with Crippen LogP contribution in [0.1, 0.15) is 11.3 Å². The lowest BCUT2D eigenvalue weighted by molar-refractivity contribution is 0.806. The first-order valence-electron chi connectivity index (χ1n) is 6.15. The minimum absolute atomic E-state index is 0.726. The monoisotopic (exact) mass is 250 g/mol. The molecule has 0 radical (unpaired) electrons. The van der Waals surface area contributed by atoms with Crippen LogP contribution < -0.4 is 0 Å². The van der Waals surface area contributed by atoms with Crippen molar-refractivity contribution in [1.29, 1.82) is 0 Å². The Bertz CT molecular complexity index is 621. The van der Waals surface area contributed by atoms with Crippen LogP contribution >= 0.6 is 0 Å². The third-order valence-electron chi connectivity index (χ3n) is 2.99. The summed E-state index contributed by atoms with van der Waals surface area (Å²) in [5.41, 5.74) is 4.37. The highest BCUT2D eigenvalue weighted by Gasteiger charge is 2.04. The normalized spacial score (nSPS) is 10.6. The van der Waals surface area contributed by atoms with Crippen LogP contribution in [0.15, 0.2) is 48.8 Å². The number of hydrogen-bond donors (Lipinski definition) is 0. The lowest BCUT2D eigenvalue weighted by atomic mass is 10.1. The van der Waals surface area contributed by atoms with Crippen molar-refractivity contribution in [3.05, 3.63) is 60.0 Å². The maximum absolute atomic E-state index is 4.33. The molecule has 0 N–H and O–H groups in total. The van der Waals surface area contributed by atoms with Gasteiger partial charge in [-0.2, -0.15) is 10.2 Å². The Morgan fingerprint density at radius 1 is 0.842 bits per heavy atom. The van der Waals surface area contributed by atoms with E-state index >= 15 is 0 Å². The van der Waals surface area contributed by atoms with E-state index in [2.05, 4.69) is 46.5 Å². The van der Waals surface area contributed by atoms with Gasteiger partial charge < -0.3 is 0 Å². The number of aryl methyl sites for hydroxylation is 2. The summed E-state index contributed by atoms with van der Waals surface area (Å²) in [5.74, 6) is 0.726. The van der Waals surface area contributed by atoms with E-state index in [0.717, 1.165) is 22.6 Å². The minimum atomic E-state index is 0.726. The second-order valence-electron chi connectivity index (χ2n) is 4.57. The Labute approximate surface area is 111 Å². The van der Waals surface area contributed by atoms with Crippen LogP contribution in [0.4, 0.5) is 0 Å². The number of nitrogens with zero attached hydrogens (tertiary/aromatic N) is 4. The van der Waals surface area contributed by atoms with Crippen LogP contribution in [-0.2, 0) is 0 Å². The Hall–Kier alpha value is -2.49. The van der Waals surface area contributed by atoms with Crippen LogP contribution in [0.5, 0.6) is 0 Å². The molecule has 0 aliphatic heterocycles. The van der Waals surface area contributed by atoms with Gasteiger partial charge in [-0.05, 0) is 31.5 Å². The van der Waals surface area contributed by atoms with Gasteiger partial charge in [0.1, 0.15) is 0 Å². The summed E-state index contributed by atoms with van der Waals surface area (Å²) in [6.07, 6.45) is 3.80. The zero-order valence-electron chi connectivity index (χ0n) is 10.9. The van der Waals surface area contributed by atoms with E-state index < -0.39 is 0 Å². The highest BCUT2D eigenvalue weighted by molar-refractivity contribution is 5.62. The molecular formula is C15H14N4. The van der Waals surface area contributed by atoms with Crippen molar-refractivity contribution in [2.24, 2.45) is 0 Å². The van der Waals surface area contributed by atoms with Gasteiger partial charge in [-0.15, -0.1) is 5.10 Å². The van der Waals surface area contributed by atoms with Gasteiger partial charge in [0.15, 0.2) is 5.82 Å². The number of benzene rings is 1. The molecule has 0 saturated carbocycles. The first-order valence-corrected chi connectivity index (χ1v) is 6.15. The number of aromatic nitrogens is 4. The Kier molecular flexibility index (Phi) is 2.83. The molecule has 0 atom stereocenters. The highest BCUT2D eigenvalue weighted by atomic mass is 15.3. The number of hydrogen-bond acceptors (Lipinski definition) is 3. The SMILES string of the molecule is Cc1ccc(-c2cnn(-c3ccc(C)nn3)c2)cc1. The van der Waals surface area contributed by atoms with Gasteiger partial charge >= 0.3 is 0 Å². The first-order chi connectivity index (χ1) is 9.22. The summed E-state index contributed by atoms with van der Waals surface area (Å²) < 4.78 is 1.74. The van der Waals surface area contributed by atoms with Crippen LogP contribution in [-0.4, -0.2) is 20.0 Å². The van der Waals surface area contributed by atoms with Gasteiger partial charge in [0.2, 0.25) is 0 Å². The average molecular weight is 250 g/mol. The largest absolute Gasteiger partial charge is 0.220 e. The summed E-state index contributed by atoms with van der Waals surface area (Å²) in [5, 5.41) is 12.5. The molecule has 2 heterocycles. The van der Waals surface area contributed by atoms with Crippen LogP contribution in [0.25, 0.3) is 16.9 Å². The van der Waals surface area contributed by atoms with Crippen LogP contribution in [0.2, 0.25) is 0 Å². The zero-order chi connectivity index (χ0) is 13.2. The van der Waals surface area contributed by atoms with E-state index in [1.54, 1.807) is 4.68 Å². The molecule has 0 spiro atoms. The van der Waals surface area contributed by atoms with E-state index in [1.807, 2.05) is 31.5 Å². The molecule has 1 aromatic carbocycles. The van der Waals surface area contributed by atoms with Crippen LogP contribution in [0.3, 0.4) is 0 Å². The van der Waals surface area contributed by atoms with E-state index in [1.165, 1.54) is 5.56 Å². The first kappa shape index (κ1) is 11.6. The molecule has 2 aromatic heterocycles. The zero-order valence-corrected chi connectivity index (χ0v) is 10.9. The molecule has 94 valence electrons. The molecule has 3 rings (SSSR count). The molecule has 0 aliphatic rings. The predicted molar refractivity (Wildman–Crippen MR) is 74.1 cm³/mol. The maximum Gasteiger partial charge on any atom is 0.175 e. The van der Waals surface area contributed by atoms with E-state index in [4.69, 9.17) is 0 Å². The molecule has 0 bridgehead atoms. The standard InChI is InChI=1S/C15H14N4/c1-11-3-6-13(7-4-11)14-9-16-19(10-14)15-8-5-12(2)17-18-15/h3-10H,1-2H3. The van der Waals surface area contributed by atoms with E-state index in [-0.39, 0.29) is 0 Å². The summed E-state index contributed by atoms with van der Waals surface area (Å²) in [4.78, 5) is 0. The second kappa shape index (κ2) is 4.65. The fourth-order valence-electron chi connectivity index (χ4n) is 1.86. The van der Waals surface area contributed by atoms with E-state index in [0.29, 0.717) is 0 Å². The van der Waals surface area contributed by atoms with Crippen molar-refractivity contribution in [1.82, 2.24) is 20.0 Å². The molecule has 4 heteroatoms. The van der Waals surface area contributed by atoms with Crippen molar-refractivity contribution in [3.8, 4) is 16.9 Å². The minimum Gasteiger partial charge on any atom is -0.220 e. The van der Waals surface area contributed by atoms with Gasteiger partial charge in [-0.1, -0.05) is 29.8 Å². The molecule has 0 fully saturated rings. The smallest absolute Gasteiger partial charge is 0.175 e. The summed E-state index contributed by atoms with van der Waals surface area (Å²) in [7, 11) is 0. The van der Waals surface area contributed by atoms with Gasteiger partial charge in [-0.3, -0.25) is 0 Å². The molecule has 0 amide bonds. The fraction of sp³-hybridized carbons (Fsp3) is 0.133. The molecule has 0 aliphatic carbocycles. The van der Waals surface area contributed by atoms with Crippen molar-refractivity contribution in [3.63, 3.8) is 0 Å². The van der Waals surface area contributed by atoms with Gasteiger partial charge in [0.25, 0.3) is 0 Å². The second-order valence-corrected chi connectivity index (χ2v) is 4.57. The quantitative estimate of drug-likeness (QED) is 0.702. The molecule has 0 unspecified atom stereocenters. The van der Waals surface area contributed by atoms with Crippen molar-refractivity contribution in [2.45, 2.75) is 13.8 Å². The lowest BCUT2D eigenvalue weighted by Crippen LogP contribution is -1.99. The van der Waals surface area contributed by atoms with Gasteiger partial charge in [0, 0.05) is 11.8 Å². The third-order valence-corrected chi connectivity index (χ3v) is 2.99. The molecule has 19 heavy (non-hydrogen) atoms. The topological polar surface area (TPSA) is 43.6 Å². The van der Waals surface area contributed by atoms with Crippen molar-refractivity contribution in [2.75, 3.05) is 0 Å². The predicted octanol–water partition coefficient (Wildman–Crippen LogP) is 2.95. The summed E-state index contributed by atoms with van der Waals surface area (Å²) in [6, 6.07) is 12.2. The van der Waals surface area contributed by atoms with Crippen molar-refractivity contribution >= 4 is 0 Å². The lowest BCUT2D eigenvalue weighted by Gasteiger charge is -1.99. The summed E-state index contributed by atoms with van der Waals surface area (Å²) >= 11 is 0. The Balaban J connectivity index is 1.95. The van der Waals surface area contributed by atoms with E-state index in [9.17, 15) is 0 Å². The fourth-order valence-corrected chi connectivity index (χ4v) is 1.86. The maximum atomic E-state index is 4.33. The van der Waals surface area contributed by atoms with Gasteiger partial charge in [-0.25, -0.2) is 4.68 Å². The molecule has 4 nitrogen and oxygen atoms in total. The molecule has 0 saturated heterocycles. The molecule has 3 aromatic rings. The Morgan fingerprint density at radius 3 is 2.32 bits per heavy atom. The van der Waals surface area contributed by atoms with Gasteiger partial charge in [0.05, 0.1) is 11.9 Å².